The molecule has 4 heterocycles. The van der Waals surface area contributed by atoms with Crippen molar-refractivity contribution >= 4 is 39.1 Å². The molecule has 4 rings (SSSR count). The van der Waals surface area contributed by atoms with Gasteiger partial charge in [0.25, 0.3) is 5.91 Å². The Bertz CT molecular complexity index is 1130. The molecule has 9 heteroatoms. The minimum Gasteiger partial charge on any atom is -0.481 e. The van der Waals surface area contributed by atoms with Gasteiger partial charge in [0.2, 0.25) is 11.8 Å². The highest BCUT2D eigenvalue weighted by Crippen LogP contribution is 2.26. The Kier molecular flexibility index (Phi) is 5.30. The van der Waals surface area contributed by atoms with Gasteiger partial charge in [-0.2, -0.15) is 0 Å². The number of carbonyl (C=O) groups excluding carboxylic acids is 1. The third-order valence-corrected chi connectivity index (χ3v) is 5.11. The van der Waals surface area contributed by atoms with E-state index in [9.17, 15) is 4.79 Å². The Morgan fingerprint density at radius 1 is 1.14 bits per heavy atom. The highest BCUT2D eigenvalue weighted by molar-refractivity contribution is 7.17. The van der Waals surface area contributed by atoms with Crippen LogP contribution in [0.5, 0.6) is 5.88 Å². The predicted molar refractivity (Wildman–Crippen MR) is 112 cm³/mol. The van der Waals surface area contributed by atoms with E-state index >= 15 is 0 Å². The van der Waals surface area contributed by atoms with Crippen LogP contribution in [0.4, 0.5) is 11.6 Å². The molecule has 0 saturated heterocycles. The maximum atomic E-state index is 12.9. The number of nitrogens with one attached hydrogen (secondary N) is 2. The summed E-state index contributed by atoms with van der Waals surface area (Å²) in [4.78, 5) is 30.3. The molecule has 8 nitrogen and oxygen atoms in total. The number of ether oxygens (including phenoxy) is 1. The first-order valence-electron chi connectivity index (χ1n) is 8.88. The van der Waals surface area contributed by atoms with Crippen molar-refractivity contribution in [3.05, 3.63) is 65.6 Å². The van der Waals surface area contributed by atoms with Gasteiger partial charge in [-0.25, -0.2) is 15.0 Å². The minimum absolute atomic E-state index is 0.117. The Morgan fingerprint density at radius 2 is 2.03 bits per heavy atom. The SMILES string of the molecule is COc1ccc(NC(=O)c2nc(NC(C)c3ccccn3)nc3ccsc23)cn1. The Morgan fingerprint density at radius 3 is 2.76 bits per heavy atom. The topological polar surface area (TPSA) is 102 Å². The monoisotopic (exact) mass is 406 g/mol. The van der Waals surface area contributed by atoms with Gasteiger partial charge < -0.3 is 15.4 Å². The number of carbonyl (C=O) groups is 1. The van der Waals surface area contributed by atoms with E-state index in [1.807, 2.05) is 36.6 Å². The molecule has 0 aliphatic carbocycles. The quantitative estimate of drug-likeness (QED) is 0.500. The summed E-state index contributed by atoms with van der Waals surface area (Å²) in [6, 6.07) is 10.9. The second kappa shape index (κ2) is 8.19. The lowest BCUT2D eigenvalue weighted by atomic mass is 10.2. The van der Waals surface area contributed by atoms with Crippen molar-refractivity contribution < 1.29 is 9.53 Å². The van der Waals surface area contributed by atoms with Crippen LogP contribution in [0.1, 0.15) is 29.1 Å². The van der Waals surface area contributed by atoms with Crippen molar-refractivity contribution in [3.63, 3.8) is 0 Å². The molecule has 0 aromatic carbocycles. The van der Waals surface area contributed by atoms with Gasteiger partial charge in [-0.05, 0) is 36.6 Å². The third kappa shape index (κ3) is 4.14. The Labute approximate surface area is 171 Å². The largest absolute Gasteiger partial charge is 0.481 e. The van der Waals surface area contributed by atoms with Crippen LogP contribution in [0.3, 0.4) is 0 Å². The zero-order valence-electron chi connectivity index (χ0n) is 15.8. The standard InChI is InChI=1S/C20H18N6O2S/c1-12(14-5-3-4-9-21-14)23-20-25-15-8-10-29-18(15)17(26-20)19(27)24-13-6-7-16(28-2)22-11-13/h3-12H,1-2H3,(H,24,27)(H,23,25,26). The second-order valence-corrected chi connectivity index (χ2v) is 7.11. The van der Waals surface area contributed by atoms with E-state index in [1.54, 1.807) is 18.3 Å². The summed E-state index contributed by atoms with van der Waals surface area (Å²) in [5, 5.41) is 7.93. The number of aromatic nitrogens is 4. The second-order valence-electron chi connectivity index (χ2n) is 6.19. The highest BCUT2D eigenvalue weighted by Gasteiger charge is 2.18. The van der Waals surface area contributed by atoms with Crippen LogP contribution in [-0.2, 0) is 0 Å². The molecular weight excluding hydrogens is 388 g/mol. The third-order valence-electron chi connectivity index (χ3n) is 4.20. The maximum Gasteiger partial charge on any atom is 0.276 e. The molecule has 1 atom stereocenters. The highest BCUT2D eigenvalue weighted by atomic mass is 32.1. The van der Waals surface area contributed by atoms with Crippen LogP contribution in [0, 0.1) is 0 Å². The van der Waals surface area contributed by atoms with E-state index in [2.05, 4.69) is 30.6 Å². The first-order chi connectivity index (χ1) is 14.1. The van der Waals surface area contributed by atoms with Crippen LogP contribution in [0.15, 0.2) is 54.2 Å². The summed E-state index contributed by atoms with van der Waals surface area (Å²) in [6.07, 6.45) is 3.27. The van der Waals surface area contributed by atoms with E-state index in [0.717, 1.165) is 10.4 Å². The summed E-state index contributed by atoms with van der Waals surface area (Å²) >= 11 is 1.42. The van der Waals surface area contributed by atoms with Crippen molar-refractivity contribution in [2.75, 3.05) is 17.7 Å². The number of anilines is 2. The average Bonchev–Trinajstić information content (AvgIpc) is 3.23. The van der Waals surface area contributed by atoms with E-state index in [-0.39, 0.29) is 11.9 Å². The molecular formula is C20H18N6O2S. The number of hydrogen-bond donors (Lipinski definition) is 2. The smallest absolute Gasteiger partial charge is 0.276 e. The Hall–Kier alpha value is -3.59. The van der Waals surface area contributed by atoms with Gasteiger partial charge in [0.15, 0.2) is 5.69 Å². The van der Waals surface area contributed by atoms with Gasteiger partial charge in [-0.15, -0.1) is 11.3 Å². The zero-order chi connectivity index (χ0) is 20.2. The molecule has 0 saturated carbocycles. The van der Waals surface area contributed by atoms with E-state index in [0.29, 0.717) is 28.7 Å². The lowest BCUT2D eigenvalue weighted by Crippen LogP contribution is -2.17. The van der Waals surface area contributed by atoms with Crippen LogP contribution >= 0.6 is 11.3 Å². The summed E-state index contributed by atoms with van der Waals surface area (Å²) in [5.41, 5.74) is 2.42. The normalized spacial score (nSPS) is 11.8. The summed E-state index contributed by atoms with van der Waals surface area (Å²) in [7, 11) is 1.54. The van der Waals surface area contributed by atoms with E-state index in [1.165, 1.54) is 24.6 Å². The number of nitrogens with zero attached hydrogens (tertiary/aromatic N) is 4. The molecule has 29 heavy (non-hydrogen) atoms. The first-order valence-corrected chi connectivity index (χ1v) is 9.76. The number of amides is 1. The predicted octanol–water partition coefficient (Wildman–Crippen LogP) is 3.92. The van der Waals surface area contributed by atoms with Gasteiger partial charge in [-0.3, -0.25) is 9.78 Å². The first kappa shape index (κ1) is 18.8. The molecule has 0 aliphatic rings. The number of hydrogen-bond acceptors (Lipinski definition) is 8. The summed E-state index contributed by atoms with van der Waals surface area (Å²) in [5.74, 6) is 0.507. The Balaban J connectivity index is 1.61. The summed E-state index contributed by atoms with van der Waals surface area (Å²) < 4.78 is 5.76. The fraction of sp³-hybridized carbons (Fsp3) is 0.150. The number of rotatable bonds is 6. The van der Waals surface area contributed by atoms with Crippen LogP contribution in [0.2, 0.25) is 0 Å². The molecule has 1 amide bonds. The van der Waals surface area contributed by atoms with Crippen LogP contribution < -0.4 is 15.4 Å². The van der Waals surface area contributed by atoms with Crippen molar-refractivity contribution in [2.24, 2.45) is 0 Å². The number of pyridine rings is 2. The van der Waals surface area contributed by atoms with Gasteiger partial charge in [0, 0.05) is 12.3 Å². The molecule has 0 aliphatic heterocycles. The van der Waals surface area contributed by atoms with Gasteiger partial charge in [0.1, 0.15) is 0 Å². The van der Waals surface area contributed by atoms with Gasteiger partial charge >= 0.3 is 0 Å². The zero-order valence-corrected chi connectivity index (χ0v) is 16.6. The maximum absolute atomic E-state index is 12.9. The van der Waals surface area contributed by atoms with E-state index in [4.69, 9.17) is 4.74 Å². The van der Waals surface area contributed by atoms with Crippen LogP contribution in [-0.4, -0.2) is 33.0 Å². The lowest BCUT2D eigenvalue weighted by molar-refractivity contribution is 0.102. The number of fused-ring (bicyclic) bond motifs is 1. The average molecular weight is 406 g/mol. The fourth-order valence-electron chi connectivity index (χ4n) is 2.75. The molecule has 146 valence electrons. The van der Waals surface area contributed by atoms with Crippen molar-refractivity contribution in [3.8, 4) is 5.88 Å². The lowest BCUT2D eigenvalue weighted by Gasteiger charge is -2.14. The molecule has 0 fully saturated rings. The molecule has 0 radical (unpaired) electrons. The van der Waals surface area contributed by atoms with Gasteiger partial charge in [0.05, 0.1) is 40.9 Å². The number of methoxy groups -OCH3 is 1. The molecule has 4 aromatic rings. The van der Waals surface area contributed by atoms with Crippen LogP contribution in [0.25, 0.3) is 10.2 Å². The molecule has 4 aromatic heterocycles. The fourth-order valence-corrected chi connectivity index (χ4v) is 3.56. The minimum atomic E-state index is -0.333. The van der Waals surface area contributed by atoms with Crippen molar-refractivity contribution in [1.29, 1.82) is 0 Å². The molecule has 1 unspecified atom stereocenters. The van der Waals surface area contributed by atoms with Crippen molar-refractivity contribution in [1.82, 2.24) is 19.9 Å². The number of thiophene rings is 1. The molecule has 0 bridgehead atoms. The molecule has 0 spiro atoms. The summed E-state index contributed by atoms with van der Waals surface area (Å²) in [6.45, 7) is 1.96. The molecule has 2 N–H and O–H groups in total. The van der Waals surface area contributed by atoms with E-state index < -0.39 is 0 Å². The van der Waals surface area contributed by atoms with Crippen molar-refractivity contribution in [2.45, 2.75) is 13.0 Å². The van der Waals surface area contributed by atoms with Gasteiger partial charge in [-0.1, -0.05) is 6.07 Å².